The quantitative estimate of drug-likeness (QED) is 0.400. The highest BCUT2D eigenvalue weighted by atomic mass is 19.4. The van der Waals surface area contributed by atoms with E-state index in [9.17, 15) is 18.3 Å². The summed E-state index contributed by atoms with van der Waals surface area (Å²) in [7, 11) is 0. The Morgan fingerprint density at radius 2 is 1.66 bits per heavy atom. The summed E-state index contributed by atoms with van der Waals surface area (Å²) in [6, 6.07) is 10.6. The predicted molar refractivity (Wildman–Crippen MR) is 127 cm³/mol. The summed E-state index contributed by atoms with van der Waals surface area (Å²) in [4.78, 5) is 8.31. The Hall–Kier alpha value is -3.46. The number of nitrogens with zero attached hydrogens (tertiary/aromatic N) is 5. The molecule has 1 aliphatic rings. The van der Waals surface area contributed by atoms with Gasteiger partial charge < -0.3 is 5.11 Å². The third-order valence-electron chi connectivity index (χ3n) is 6.48. The molecule has 1 saturated heterocycles. The van der Waals surface area contributed by atoms with Crippen LogP contribution in [0.1, 0.15) is 42.4 Å². The highest BCUT2D eigenvalue weighted by Gasteiger charge is 2.30. The summed E-state index contributed by atoms with van der Waals surface area (Å²) in [6.45, 7) is 3.00. The van der Waals surface area contributed by atoms with Gasteiger partial charge in [0.15, 0.2) is 0 Å². The molecule has 0 amide bonds. The zero-order valence-corrected chi connectivity index (χ0v) is 19.2. The standard InChI is InChI=1S/C26H26F3N5O/c27-26(28,29)21-9-7-18(8-10-21)23-15-31-34(32-23)17-19-14-20(16-33-12-3-1-2-4-13-33)25(35)24-22(19)6-5-11-30-24/h5-11,14-15,35H,1-4,12-13,16-17H2. The van der Waals surface area contributed by atoms with Crippen LogP contribution in [0.15, 0.2) is 54.9 Å². The molecule has 1 fully saturated rings. The van der Waals surface area contributed by atoms with Crippen molar-refractivity contribution in [2.45, 2.75) is 44.9 Å². The number of aromatic hydroxyl groups is 1. The lowest BCUT2D eigenvalue weighted by atomic mass is 10.0. The lowest BCUT2D eigenvalue weighted by Crippen LogP contribution is -2.24. The molecule has 0 saturated carbocycles. The second-order valence-corrected chi connectivity index (χ2v) is 8.97. The molecule has 0 bridgehead atoms. The number of phenols is 1. The Morgan fingerprint density at radius 1 is 0.914 bits per heavy atom. The van der Waals surface area contributed by atoms with E-state index in [1.807, 2.05) is 18.2 Å². The van der Waals surface area contributed by atoms with Crippen LogP contribution in [0.25, 0.3) is 22.2 Å². The van der Waals surface area contributed by atoms with Crippen molar-refractivity contribution < 1.29 is 18.3 Å². The molecule has 1 N–H and O–H groups in total. The number of hydrogen-bond acceptors (Lipinski definition) is 5. The Morgan fingerprint density at radius 3 is 2.37 bits per heavy atom. The van der Waals surface area contributed by atoms with Gasteiger partial charge in [-0.05, 0) is 55.8 Å². The second-order valence-electron chi connectivity index (χ2n) is 8.97. The van der Waals surface area contributed by atoms with Gasteiger partial charge in [0.05, 0.1) is 18.3 Å². The van der Waals surface area contributed by atoms with E-state index in [0.717, 1.165) is 54.6 Å². The molecule has 0 aliphatic carbocycles. The summed E-state index contributed by atoms with van der Waals surface area (Å²) in [5, 5.41) is 20.6. The Bertz CT molecular complexity index is 1310. The van der Waals surface area contributed by atoms with E-state index in [2.05, 4.69) is 20.1 Å². The molecule has 3 heterocycles. The van der Waals surface area contributed by atoms with Crippen molar-refractivity contribution >= 4 is 10.9 Å². The van der Waals surface area contributed by atoms with E-state index < -0.39 is 11.7 Å². The highest BCUT2D eigenvalue weighted by Crippen LogP contribution is 2.33. The average molecular weight is 482 g/mol. The van der Waals surface area contributed by atoms with Crippen molar-refractivity contribution in [1.29, 1.82) is 0 Å². The Kier molecular flexibility index (Phi) is 6.42. The topological polar surface area (TPSA) is 67.1 Å². The van der Waals surface area contributed by atoms with E-state index >= 15 is 0 Å². The molecule has 9 heteroatoms. The molecule has 0 unspecified atom stereocenters. The van der Waals surface area contributed by atoms with Gasteiger partial charge in [-0.25, -0.2) is 0 Å². The van der Waals surface area contributed by atoms with Gasteiger partial charge in [0.25, 0.3) is 0 Å². The molecule has 5 rings (SSSR count). The number of likely N-dealkylation sites (tertiary alicyclic amines) is 1. The van der Waals surface area contributed by atoms with E-state index in [-0.39, 0.29) is 5.75 Å². The minimum Gasteiger partial charge on any atom is -0.505 e. The van der Waals surface area contributed by atoms with Gasteiger partial charge in [-0.1, -0.05) is 31.0 Å². The number of alkyl halides is 3. The average Bonchev–Trinajstić information content (AvgIpc) is 3.16. The largest absolute Gasteiger partial charge is 0.505 e. The minimum absolute atomic E-state index is 0.201. The highest BCUT2D eigenvalue weighted by molar-refractivity contribution is 5.88. The molecule has 4 aromatic rings. The maximum atomic E-state index is 12.9. The van der Waals surface area contributed by atoms with Gasteiger partial charge in [0.2, 0.25) is 0 Å². The van der Waals surface area contributed by atoms with Crippen LogP contribution in [0.5, 0.6) is 5.75 Å². The molecular formula is C26H26F3N5O. The van der Waals surface area contributed by atoms with Crippen LogP contribution in [-0.4, -0.2) is 43.1 Å². The Labute approximate surface area is 201 Å². The lowest BCUT2D eigenvalue weighted by Gasteiger charge is -2.21. The number of fused-ring (bicyclic) bond motifs is 1. The van der Waals surface area contributed by atoms with E-state index in [0.29, 0.717) is 29.9 Å². The maximum absolute atomic E-state index is 12.9. The molecule has 0 radical (unpaired) electrons. The van der Waals surface area contributed by atoms with E-state index in [1.54, 1.807) is 12.4 Å². The van der Waals surface area contributed by atoms with Crippen LogP contribution >= 0.6 is 0 Å². The summed E-state index contributed by atoms with van der Waals surface area (Å²) in [5.74, 6) is 0.201. The molecule has 6 nitrogen and oxygen atoms in total. The number of halogens is 3. The number of pyridine rings is 1. The summed E-state index contributed by atoms with van der Waals surface area (Å²) >= 11 is 0. The number of rotatable bonds is 5. The van der Waals surface area contributed by atoms with Crippen LogP contribution in [0.3, 0.4) is 0 Å². The van der Waals surface area contributed by atoms with Gasteiger partial charge >= 0.3 is 6.18 Å². The first-order valence-electron chi connectivity index (χ1n) is 11.8. The number of benzene rings is 2. The zero-order chi connectivity index (χ0) is 24.4. The van der Waals surface area contributed by atoms with Crippen molar-refractivity contribution in [1.82, 2.24) is 24.9 Å². The summed E-state index contributed by atoms with van der Waals surface area (Å²) in [5.41, 5.74) is 2.64. The van der Waals surface area contributed by atoms with E-state index in [1.165, 1.54) is 29.8 Å². The zero-order valence-electron chi connectivity index (χ0n) is 19.2. The van der Waals surface area contributed by atoms with Crippen molar-refractivity contribution in [2.24, 2.45) is 0 Å². The van der Waals surface area contributed by atoms with Crippen LogP contribution in [0.2, 0.25) is 0 Å². The fraction of sp³-hybridized carbons (Fsp3) is 0.346. The second kappa shape index (κ2) is 9.65. The molecule has 182 valence electrons. The van der Waals surface area contributed by atoms with Crippen molar-refractivity contribution in [3.05, 3.63) is 71.5 Å². The monoisotopic (exact) mass is 481 g/mol. The van der Waals surface area contributed by atoms with Gasteiger partial charge in [0.1, 0.15) is 17.0 Å². The molecule has 35 heavy (non-hydrogen) atoms. The van der Waals surface area contributed by atoms with Crippen LogP contribution in [0, 0.1) is 0 Å². The third-order valence-corrected chi connectivity index (χ3v) is 6.48. The molecular weight excluding hydrogens is 455 g/mol. The molecule has 1 aliphatic heterocycles. The van der Waals surface area contributed by atoms with Crippen molar-refractivity contribution in [3.8, 4) is 17.0 Å². The predicted octanol–water partition coefficient (Wildman–Crippen LogP) is 5.64. The molecule has 0 atom stereocenters. The van der Waals surface area contributed by atoms with Gasteiger partial charge in [0, 0.05) is 29.3 Å². The van der Waals surface area contributed by atoms with Crippen molar-refractivity contribution in [2.75, 3.05) is 13.1 Å². The number of phenolic OH excluding ortho intramolecular Hbond substituents is 1. The van der Waals surface area contributed by atoms with Crippen molar-refractivity contribution in [3.63, 3.8) is 0 Å². The third kappa shape index (κ3) is 5.14. The molecule has 2 aromatic heterocycles. The Balaban J connectivity index is 1.43. The SMILES string of the molecule is Oc1c(CN2CCCCCC2)cc(Cn2ncc(-c3ccc(C(F)(F)F)cc3)n2)c2cccnc12. The fourth-order valence-electron chi connectivity index (χ4n) is 4.64. The van der Waals surface area contributed by atoms with Gasteiger partial charge in [-0.15, -0.1) is 0 Å². The molecule has 2 aromatic carbocycles. The van der Waals surface area contributed by atoms with Crippen LogP contribution in [0.4, 0.5) is 13.2 Å². The minimum atomic E-state index is -4.38. The maximum Gasteiger partial charge on any atom is 0.416 e. The summed E-state index contributed by atoms with van der Waals surface area (Å²) in [6.07, 6.45) is 3.61. The summed E-state index contributed by atoms with van der Waals surface area (Å²) < 4.78 is 38.6. The van der Waals surface area contributed by atoms with E-state index in [4.69, 9.17) is 0 Å². The van der Waals surface area contributed by atoms with Crippen LogP contribution < -0.4 is 0 Å². The molecule has 0 spiro atoms. The first-order chi connectivity index (χ1) is 16.9. The van der Waals surface area contributed by atoms with Crippen LogP contribution in [-0.2, 0) is 19.3 Å². The number of aromatic nitrogens is 4. The first kappa shape index (κ1) is 23.3. The lowest BCUT2D eigenvalue weighted by molar-refractivity contribution is -0.137. The van der Waals surface area contributed by atoms with Gasteiger partial charge in [-0.3, -0.25) is 9.88 Å². The number of hydrogen-bond donors (Lipinski definition) is 1. The smallest absolute Gasteiger partial charge is 0.416 e. The van der Waals surface area contributed by atoms with Gasteiger partial charge in [-0.2, -0.15) is 28.2 Å². The first-order valence-corrected chi connectivity index (χ1v) is 11.8. The normalized spacial score (nSPS) is 15.4. The fourth-order valence-corrected chi connectivity index (χ4v) is 4.64.